The minimum absolute atomic E-state index is 1.04. The van der Waals surface area contributed by atoms with Gasteiger partial charge in [0.1, 0.15) is 5.65 Å². The Balaban J connectivity index is 2.26. The smallest absolute Gasteiger partial charge is 0.145 e. The molecule has 2 aromatic heterocycles. The number of hydrogen-bond acceptors (Lipinski definition) is 1. The van der Waals surface area contributed by atoms with Crippen molar-refractivity contribution >= 4 is 40.6 Å². The van der Waals surface area contributed by atoms with Crippen molar-refractivity contribution in [2.45, 2.75) is 19.6 Å². The van der Waals surface area contributed by atoms with E-state index >= 15 is 0 Å². The summed E-state index contributed by atoms with van der Waals surface area (Å²) in [7, 11) is -1.31. The van der Waals surface area contributed by atoms with Crippen molar-refractivity contribution in [2.24, 2.45) is 0 Å². The number of hydrogen-bond donors (Lipinski definition) is 0. The number of aromatic nitrogens is 2. The van der Waals surface area contributed by atoms with Gasteiger partial charge >= 0.3 is 0 Å². The van der Waals surface area contributed by atoms with Crippen molar-refractivity contribution in [3.63, 3.8) is 0 Å². The Hall–Kier alpha value is -2.13. The molecular weight excluding hydrogens is 272 g/mol. The molecule has 2 aromatic carbocycles. The van der Waals surface area contributed by atoms with Gasteiger partial charge in [0, 0.05) is 23.2 Å². The van der Waals surface area contributed by atoms with Crippen LogP contribution in [0.3, 0.4) is 0 Å². The van der Waals surface area contributed by atoms with E-state index in [9.17, 15) is 0 Å². The van der Waals surface area contributed by atoms with E-state index in [4.69, 9.17) is 0 Å². The molecule has 0 unspecified atom stereocenters. The highest BCUT2D eigenvalue weighted by atomic mass is 28.3. The van der Waals surface area contributed by atoms with Crippen molar-refractivity contribution in [3.8, 4) is 0 Å². The van der Waals surface area contributed by atoms with Crippen molar-refractivity contribution in [1.82, 2.24) is 9.38 Å². The zero-order chi connectivity index (χ0) is 14.6. The molecule has 3 heteroatoms. The van der Waals surface area contributed by atoms with Gasteiger partial charge < -0.3 is 0 Å². The van der Waals surface area contributed by atoms with Gasteiger partial charge in [-0.2, -0.15) is 0 Å². The fourth-order valence-electron chi connectivity index (χ4n) is 3.04. The Kier molecular flexibility index (Phi) is 2.51. The summed E-state index contributed by atoms with van der Waals surface area (Å²) in [5, 5.41) is 5.35. The van der Waals surface area contributed by atoms with Crippen LogP contribution < -0.4 is 5.19 Å². The Bertz CT molecular complexity index is 977. The van der Waals surface area contributed by atoms with E-state index in [2.05, 4.69) is 77.7 Å². The highest BCUT2D eigenvalue weighted by molar-refractivity contribution is 6.88. The summed E-state index contributed by atoms with van der Waals surface area (Å²) in [4.78, 5) is 4.54. The molecule has 0 atom stereocenters. The molecule has 0 aliphatic heterocycles. The lowest BCUT2D eigenvalue weighted by molar-refractivity contribution is 1.27. The maximum Gasteiger partial charge on any atom is 0.145 e. The fourth-order valence-corrected chi connectivity index (χ4v) is 4.20. The summed E-state index contributed by atoms with van der Waals surface area (Å²) in [6, 6.07) is 15.5. The highest BCUT2D eigenvalue weighted by Gasteiger charge is 2.18. The molecule has 104 valence electrons. The second-order valence-corrected chi connectivity index (χ2v) is 11.7. The largest absolute Gasteiger partial charge is 0.299 e. The predicted molar refractivity (Wildman–Crippen MR) is 93.2 cm³/mol. The van der Waals surface area contributed by atoms with Crippen LogP contribution in [0.2, 0.25) is 19.6 Å². The fraction of sp³-hybridized carbons (Fsp3) is 0.167. The van der Waals surface area contributed by atoms with Gasteiger partial charge in [0.05, 0.1) is 13.6 Å². The van der Waals surface area contributed by atoms with E-state index in [0.717, 1.165) is 5.65 Å². The summed E-state index contributed by atoms with van der Waals surface area (Å²) < 4.78 is 2.20. The first-order chi connectivity index (χ1) is 10.1. The Labute approximate surface area is 125 Å². The number of rotatable bonds is 1. The first-order valence-corrected chi connectivity index (χ1v) is 10.8. The van der Waals surface area contributed by atoms with Crippen LogP contribution in [0.4, 0.5) is 0 Å². The minimum atomic E-state index is -1.31. The van der Waals surface area contributed by atoms with Gasteiger partial charge in [-0.1, -0.05) is 61.2 Å². The molecule has 0 saturated carbocycles. The standard InChI is InChI=1S/C18H18N2Si/c1-21(2,3)13-8-9-17-16(12-13)14-6-4-5-7-15(14)18-19-10-11-20(17)18/h4-12H,1-3H3. The van der Waals surface area contributed by atoms with E-state index < -0.39 is 8.07 Å². The van der Waals surface area contributed by atoms with Crippen molar-refractivity contribution in [2.75, 3.05) is 0 Å². The first kappa shape index (κ1) is 12.6. The van der Waals surface area contributed by atoms with Crippen LogP contribution in [0.15, 0.2) is 54.9 Å². The van der Waals surface area contributed by atoms with Gasteiger partial charge in [-0.15, -0.1) is 0 Å². The molecule has 0 fully saturated rings. The molecule has 0 aliphatic carbocycles. The van der Waals surface area contributed by atoms with E-state index in [-0.39, 0.29) is 0 Å². The Morgan fingerprint density at radius 1 is 0.905 bits per heavy atom. The van der Waals surface area contributed by atoms with E-state index in [1.54, 1.807) is 0 Å². The molecule has 2 heterocycles. The molecule has 0 spiro atoms. The molecule has 0 radical (unpaired) electrons. The highest BCUT2D eigenvalue weighted by Crippen LogP contribution is 2.28. The van der Waals surface area contributed by atoms with Gasteiger partial charge in [-0.05, 0) is 11.5 Å². The third-order valence-electron chi connectivity index (χ3n) is 4.22. The van der Waals surface area contributed by atoms with Gasteiger partial charge in [0.25, 0.3) is 0 Å². The van der Waals surface area contributed by atoms with Crippen LogP contribution in [0, 0.1) is 0 Å². The quantitative estimate of drug-likeness (QED) is 0.379. The molecule has 21 heavy (non-hydrogen) atoms. The third kappa shape index (κ3) is 1.81. The number of imidazole rings is 1. The Morgan fingerprint density at radius 2 is 1.67 bits per heavy atom. The molecule has 0 saturated heterocycles. The third-order valence-corrected chi connectivity index (χ3v) is 6.26. The molecule has 4 aromatic rings. The van der Waals surface area contributed by atoms with Crippen LogP contribution >= 0.6 is 0 Å². The summed E-state index contributed by atoms with van der Waals surface area (Å²) >= 11 is 0. The first-order valence-electron chi connectivity index (χ1n) is 7.34. The lowest BCUT2D eigenvalue weighted by Crippen LogP contribution is -2.37. The topological polar surface area (TPSA) is 17.3 Å². The molecule has 0 N–H and O–H groups in total. The maximum absolute atomic E-state index is 4.54. The molecule has 0 bridgehead atoms. The van der Waals surface area contributed by atoms with E-state index in [1.807, 2.05) is 6.20 Å². The van der Waals surface area contributed by atoms with E-state index in [1.165, 1.54) is 26.9 Å². The SMILES string of the molecule is C[Si](C)(C)c1ccc2c(c1)c1ccccc1c1nccn21. The number of pyridine rings is 1. The van der Waals surface area contributed by atoms with Crippen LogP contribution in [0.25, 0.3) is 27.3 Å². The minimum Gasteiger partial charge on any atom is -0.299 e. The summed E-state index contributed by atoms with van der Waals surface area (Å²) in [6.45, 7) is 7.18. The van der Waals surface area contributed by atoms with Crippen LogP contribution in [-0.4, -0.2) is 17.5 Å². The van der Waals surface area contributed by atoms with Gasteiger partial charge in [-0.25, -0.2) is 4.98 Å². The monoisotopic (exact) mass is 290 g/mol. The maximum atomic E-state index is 4.54. The zero-order valence-electron chi connectivity index (χ0n) is 12.6. The average molecular weight is 290 g/mol. The summed E-state index contributed by atoms with van der Waals surface area (Å²) in [5.74, 6) is 0. The van der Waals surface area contributed by atoms with Crippen LogP contribution in [-0.2, 0) is 0 Å². The van der Waals surface area contributed by atoms with Crippen molar-refractivity contribution in [1.29, 1.82) is 0 Å². The summed E-state index contributed by atoms with van der Waals surface area (Å²) in [6.07, 6.45) is 3.94. The lowest BCUT2D eigenvalue weighted by Gasteiger charge is -2.18. The predicted octanol–water partition coefficient (Wildman–Crippen LogP) is 4.19. The number of nitrogens with zero attached hydrogens (tertiary/aromatic N) is 2. The number of benzene rings is 2. The second kappa shape index (κ2) is 4.18. The van der Waals surface area contributed by atoms with Crippen molar-refractivity contribution < 1.29 is 0 Å². The molecule has 0 amide bonds. The van der Waals surface area contributed by atoms with Gasteiger partial charge in [-0.3, -0.25) is 4.40 Å². The number of fused-ring (bicyclic) bond motifs is 6. The average Bonchev–Trinajstić information content (AvgIpc) is 2.96. The normalized spacial score (nSPS) is 12.5. The van der Waals surface area contributed by atoms with Gasteiger partial charge in [0.2, 0.25) is 0 Å². The van der Waals surface area contributed by atoms with Crippen molar-refractivity contribution in [3.05, 3.63) is 54.9 Å². The Morgan fingerprint density at radius 3 is 2.43 bits per heavy atom. The van der Waals surface area contributed by atoms with Crippen LogP contribution in [0.5, 0.6) is 0 Å². The summed E-state index contributed by atoms with van der Waals surface area (Å²) in [5.41, 5.74) is 2.28. The molecule has 4 rings (SSSR count). The second-order valence-electron chi connectivity index (χ2n) is 6.65. The molecule has 2 nitrogen and oxygen atoms in total. The zero-order valence-corrected chi connectivity index (χ0v) is 13.6. The van der Waals surface area contributed by atoms with Crippen LogP contribution in [0.1, 0.15) is 0 Å². The molecular formula is C18H18N2Si. The lowest BCUT2D eigenvalue weighted by atomic mass is 10.1. The molecule has 0 aliphatic rings. The van der Waals surface area contributed by atoms with E-state index in [0.29, 0.717) is 0 Å². The van der Waals surface area contributed by atoms with Gasteiger partial charge in [0.15, 0.2) is 0 Å².